The summed E-state index contributed by atoms with van der Waals surface area (Å²) >= 11 is 0. The second-order valence-corrected chi connectivity index (χ2v) is 8.54. The Morgan fingerprint density at radius 2 is 1.92 bits per heavy atom. The lowest BCUT2D eigenvalue weighted by Gasteiger charge is -2.21. The highest BCUT2D eigenvalue weighted by molar-refractivity contribution is 5.70. The summed E-state index contributed by atoms with van der Waals surface area (Å²) in [6.45, 7) is 10.8. The average Bonchev–Trinajstić information content (AvgIpc) is 3.34. The van der Waals surface area contributed by atoms with Crippen LogP contribution in [-0.2, 0) is 11.3 Å². The van der Waals surface area contributed by atoms with Crippen LogP contribution in [0, 0.1) is 5.82 Å². The van der Waals surface area contributed by atoms with E-state index in [1.54, 1.807) is 29.0 Å². The first-order valence-corrected chi connectivity index (χ1v) is 12.4. The van der Waals surface area contributed by atoms with Gasteiger partial charge in [-0.05, 0) is 63.0 Å². The highest BCUT2D eigenvalue weighted by atomic mass is 19.1. The third-order valence-electron chi connectivity index (χ3n) is 5.68. The maximum Gasteiger partial charge on any atom is 0.165 e. The van der Waals surface area contributed by atoms with Gasteiger partial charge in [-0.1, -0.05) is 49.6 Å². The van der Waals surface area contributed by atoms with E-state index in [9.17, 15) is 9.18 Å². The molecule has 0 atom stereocenters. The number of benzene rings is 2. The first-order valence-electron chi connectivity index (χ1n) is 12.4. The van der Waals surface area contributed by atoms with Crippen molar-refractivity contribution in [3.05, 3.63) is 97.6 Å². The second-order valence-electron chi connectivity index (χ2n) is 8.54. The monoisotopic (exact) mass is 519 g/mol. The normalized spacial score (nSPS) is 13.6. The molecule has 202 valence electrons. The van der Waals surface area contributed by atoms with Gasteiger partial charge in [-0.25, -0.2) is 4.39 Å². The van der Waals surface area contributed by atoms with Crippen LogP contribution in [0.2, 0.25) is 0 Å². The Morgan fingerprint density at radius 3 is 2.55 bits per heavy atom. The second kappa shape index (κ2) is 16.6. The van der Waals surface area contributed by atoms with Crippen molar-refractivity contribution in [2.24, 2.45) is 5.73 Å². The van der Waals surface area contributed by atoms with Gasteiger partial charge >= 0.3 is 0 Å². The maximum absolute atomic E-state index is 13.6. The highest BCUT2D eigenvalue weighted by Crippen LogP contribution is 2.29. The lowest BCUT2D eigenvalue weighted by Crippen LogP contribution is -2.32. The molecule has 0 spiro atoms. The molecular weight excluding hydrogens is 481 g/mol. The number of methoxy groups -OCH3 is 1. The van der Waals surface area contributed by atoms with Crippen molar-refractivity contribution in [2.75, 3.05) is 33.8 Å². The smallest absolute Gasteiger partial charge is 0.165 e. The van der Waals surface area contributed by atoms with Crippen LogP contribution in [-0.4, -0.2) is 54.8 Å². The average molecular weight is 520 g/mol. The number of likely N-dealkylation sites (N-methyl/N-ethyl adjacent to an activating group) is 1. The van der Waals surface area contributed by atoms with Crippen LogP contribution in [0.5, 0.6) is 5.75 Å². The predicted octanol–water partition coefficient (Wildman–Crippen LogP) is 5.02. The van der Waals surface area contributed by atoms with Crippen molar-refractivity contribution < 1.29 is 13.9 Å². The van der Waals surface area contributed by atoms with Gasteiger partial charge in [0.25, 0.3) is 0 Å². The number of aromatic nitrogens is 2. The van der Waals surface area contributed by atoms with E-state index in [4.69, 9.17) is 10.5 Å². The first kappa shape index (κ1) is 30.1. The molecule has 38 heavy (non-hydrogen) atoms. The molecule has 0 unspecified atom stereocenters. The van der Waals surface area contributed by atoms with Gasteiger partial charge in [0.1, 0.15) is 6.29 Å². The number of carbonyl (C=O) groups excluding carboxylic acids is 1. The number of hydrogen-bond acceptors (Lipinski definition) is 6. The number of halogens is 1. The van der Waals surface area contributed by atoms with E-state index in [0.29, 0.717) is 0 Å². The Balaban J connectivity index is 0.000000279. The van der Waals surface area contributed by atoms with Crippen LogP contribution in [0.3, 0.4) is 0 Å². The number of nitrogens with two attached hydrogens (primary N) is 1. The Morgan fingerprint density at radius 1 is 1.16 bits per heavy atom. The summed E-state index contributed by atoms with van der Waals surface area (Å²) in [5.74, 6) is -0.274. The van der Waals surface area contributed by atoms with Crippen molar-refractivity contribution in [1.29, 1.82) is 0 Å². The van der Waals surface area contributed by atoms with Crippen LogP contribution < -0.4 is 15.8 Å². The molecule has 1 fully saturated rings. The molecule has 0 bridgehead atoms. The van der Waals surface area contributed by atoms with Gasteiger partial charge in [-0.2, -0.15) is 5.10 Å². The molecule has 0 amide bonds. The molecular formula is C30H38FN5O2. The van der Waals surface area contributed by atoms with Crippen LogP contribution >= 0.6 is 0 Å². The van der Waals surface area contributed by atoms with Crippen molar-refractivity contribution in [2.45, 2.75) is 19.4 Å². The summed E-state index contributed by atoms with van der Waals surface area (Å²) in [6, 6.07) is 16.1. The summed E-state index contributed by atoms with van der Waals surface area (Å²) in [7, 11) is 3.58. The molecule has 1 aliphatic heterocycles. The number of rotatable bonds is 6. The SMILES string of the molecule is C=C/C=C\N.C=C1CCCN(C)CCN1.COc1cc(-c2cc(-c3ccccc3)nn2CC=O)ccc1F. The summed E-state index contributed by atoms with van der Waals surface area (Å²) in [6.07, 6.45) is 7.88. The zero-order valence-electron chi connectivity index (χ0n) is 22.3. The Labute approximate surface area is 225 Å². The third-order valence-corrected chi connectivity index (χ3v) is 5.68. The summed E-state index contributed by atoms with van der Waals surface area (Å²) in [5, 5.41) is 7.75. The van der Waals surface area contributed by atoms with Crippen LogP contribution in [0.25, 0.3) is 22.5 Å². The van der Waals surface area contributed by atoms with E-state index in [2.05, 4.69) is 35.5 Å². The first-order chi connectivity index (χ1) is 18.4. The van der Waals surface area contributed by atoms with Crippen molar-refractivity contribution in [1.82, 2.24) is 20.0 Å². The van der Waals surface area contributed by atoms with Gasteiger partial charge < -0.3 is 25.5 Å². The fourth-order valence-electron chi connectivity index (χ4n) is 3.69. The standard InChI is InChI=1S/C18H15FN2O2.C8H16N2.C4H7N/c1-23-18-11-14(7-8-15(18)19)17-12-16(20-21(17)9-10-22)13-5-3-2-4-6-13;1-8-4-3-6-10(2)7-5-9-8;1-2-3-4-5/h2-8,10-12H,9H2,1H3;9H,1,3-7H2,2H3;2-4H,1,5H2/b;;4-3-. The summed E-state index contributed by atoms with van der Waals surface area (Å²) < 4.78 is 20.2. The minimum atomic E-state index is -0.430. The number of hydrogen-bond donors (Lipinski definition) is 2. The van der Waals surface area contributed by atoms with Crippen LogP contribution in [0.4, 0.5) is 4.39 Å². The molecule has 0 aliphatic carbocycles. The fourth-order valence-corrected chi connectivity index (χ4v) is 3.69. The Hall–Kier alpha value is -4.17. The van der Waals surface area contributed by atoms with Gasteiger partial charge in [0, 0.05) is 29.9 Å². The van der Waals surface area contributed by atoms with Crippen molar-refractivity contribution in [3.8, 4) is 28.3 Å². The van der Waals surface area contributed by atoms with E-state index in [-0.39, 0.29) is 12.3 Å². The minimum Gasteiger partial charge on any atom is -0.494 e. The fraction of sp³-hybridized carbons (Fsp3) is 0.267. The summed E-state index contributed by atoms with van der Waals surface area (Å²) in [5.41, 5.74) is 9.26. The van der Waals surface area contributed by atoms with Gasteiger partial charge in [0.15, 0.2) is 11.6 Å². The number of nitrogens with one attached hydrogen (secondary N) is 1. The molecule has 7 nitrogen and oxygen atoms in total. The molecule has 1 aliphatic rings. The Bertz CT molecular complexity index is 1180. The van der Waals surface area contributed by atoms with E-state index in [1.807, 2.05) is 36.4 Å². The third kappa shape index (κ3) is 9.71. The van der Waals surface area contributed by atoms with Gasteiger partial charge in [0.2, 0.25) is 0 Å². The maximum atomic E-state index is 13.6. The number of aldehydes is 1. The van der Waals surface area contributed by atoms with E-state index < -0.39 is 5.82 Å². The topological polar surface area (TPSA) is 85.4 Å². The zero-order chi connectivity index (χ0) is 27.8. The van der Waals surface area contributed by atoms with Gasteiger partial charge in [0.05, 0.1) is 25.0 Å². The van der Waals surface area contributed by atoms with Crippen molar-refractivity contribution >= 4 is 6.29 Å². The molecule has 1 aromatic heterocycles. The number of ether oxygens (including phenoxy) is 1. The highest BCUT2D eigenvalue weighted by Gasteiger charge is 2.13. The quantitative estimate of drug-likeness (QED) is 0.351. The predicted molar refractivity (Wildman–Crippen MR) is 153 cm³/mol. The Kier molecular flexibility index (Phi) is 13.1. The van der Waals surface area contributed by atoms with Crippen LogP contribution in [0.15, 0.2) is 91.8 Å². The molecule has 0 radical (unpaired) electrons. The zero-order valence-corrected chi connectivity index (χ0v) is 22.3. The van der Waals surface area contributed by atoms with Crippen molar-refractivity contribution in [3.63, 3.8) is 0 Å². The van der Waals surface area contributed by atoms with E-state index in [1.165, 1.54) is 38.0 Å². The molecule has 0 saturated carbocycles. The lowest BCUT2D eigenvalue weighted by molar-refractivity contribution is -0.108. The molecule has 3 aromatic rings. The number of nitrogens with zero attached hydrogens (tertiary/aromatic N) is 3. The molecule has 2 heterocycles. The number of carbonyl (C=O) groups is 1. The molecule has 8 heteroatoms. The van der Waals surface area contributed by atoms with Crippen LogP contribution in [0.1, 0.15) is 12.8 Å². The van der Waals surface area contributed by atoms with E-state index in [0.717, 1.165) is 48.3 Å². The molecule has 4 rings (SSSR count). The molecule has 1 saturated heterocycles. The lowest BCUT2D eigenvalue weighted by atomic mass is 10.1. The van der Waals surface area contributed by atoms with Gasteiger partial charge in [-0.15, -0.1) is 0 Å². The van der Waals surface area contributed by atoms with E-state index >= 15 is 0 Å². The van der Waals surface area contributed by atoms with Gasteiger partial charge in [-0.3, -0.25) is 4.68 Å². The molecule has 2 aromatic carbocycles. The largest absolute Gasteiger partial charge is 0.494 e. The molecule has 3 N–H and O–H groups in total. The minimum absolute atomic E-state index is 0.127. The number of allylic oxidation sites excluding steroid dienone is 3. The summed E-state index contributed by atoms with van der Waals surface area (Å²) in [4.78, 5) is 13.3.